The van der Waals surface area contributed by atoms with Crippen molar-refractivity contribution in [2.45, 2.75) is 145 Å². The Morgan fingerprint density at radius 1 is 0.442 bits per heavy atom. The van der Waals surface area contributed by atoms with E-state index in [-0.39, 0.29) is 0 Å². The summed E-state index contributed by atoms with van der Waals surface area (Å²) in [6, 6.07) is 0. The molecule has 0 saturated carbocycles. The molecule has 8 rings (SSSR count). The quantitative estimate of drug-likeness (QED) is 0.306. The van der Waals surface area contributed by atoms with Crippen molar-refractivity contribution in [3.05, 3.63) is 77.9 Å². The zero-order valence-electron chi connectivity index (χ0n) is 29.5. The van der Waals surface area contributed by atoms with E-state index >= 15 is 0 Å². The standard InChI is InChI=1S/C42H56Si/c1-23-13-25-27-15-39(3,4)17-29(27)31-19-41(7,8)21-33(31)35(25)37(23)43(11,12)38-24(2)14-26-28-16-40(5,6)18-30(28)32-20-42(9,10)22-34(32)36(26)38/h13-14,37-38H,15-22H2,1-12H3. The van der Waals surface area contributed by atoms with Crippen LogP contribution in [0.3, 0.4) is 0 Å². The Morgan fingerprint density at radius 2 is 0.698 bits per heavy atom. The van der Waals surface area contributed by atoms with Crippen molar-refractivity contribution < 1.29 is 0 Å². The first-order chi connectivity index (χ1) is 19.8. The molecule has 0 radical (unpaired) electrons. The fourth-order valence-corrected chi connectivity index (χ4v) is 16.9. The van der Waals surface area contributed by atoms with Crippen LogP contribution in [0.2, 0.25) is 13.1 Å². The van der Waals surface area contributed by atoms with Crippen molar-refractivity contribution in [1.82, 2.24) is 0 Å². The first kappa shape index (κ1) is 28.6. The van der Waals surface area contributed by atoms with Gasteiger partial charge in [0, 0.05) is 11.1 Å². The summed E-state index contributed by atoms with van der Waals surface area (Å²) in [5.41, 5.74) is 27.2. The summed E-state index contributed by atoms with van der Waals surface area (Å²) in [6.45, 7) is 30.8. The van der Waals surface area contributed by atoms with Gasteiger partial charge in [-0.1, -0.05) is 91.8 Å². The third-order valence-electron chi connectivity index (χ3n) is 13.0. The van der Waals surface area contributed by atoms with Gasteiger partial charge in [0.05, 0.1) is 8.07 Å². The maximum atomic E-state index is 2.80. The summed E-state index contributed by atoms with van der Waals surface area (Å²) in [6.07, 6.45) is 15.5. The summed E-state index contributed by atoms with van der Waals surface area (Å²) in [5.74, 6) is 0. The molecule has 0 spiro atoms. The molecular formula is C42H56Si. The van der Waals surface area contributed by atoms with Crippen LogP contribution in [-0.4, -0.2) is 8.07 Å². The van der Waals surface area contributed by atoms with E-state index in [2.05, 4.69) is 94.5 Å². The number of hydrogen-bond acceptors (Lipinski definition) is 0. The fourth-order valence-electron chi connectivity index (χ4n) is 11.9. The summed E-state index contributed by atoms with van der Waals surface area (Å²) < 4.78 is 0. The van der Waals surface area contributed by atoms with Crippen LogP contribution in [0.1, 0.15) is 147 Å². The van der Waals surface area contributed by atoms with Gasteiger partial charge in [0.2, 0.25) is 0 Å². The molecule has 0 fully saturated rings. The molecular weight excluding hydrogens is 533 g/mol. The van der Waals surface area contributed by atoms with E-state index < -0.39 is 8.07 Å². The Morgan fingerprint density at radius 3 is 1.02 bits per heavy atom. The van der Waals surface area contributed by atoms with Crippen LogP contribution in [0.25, 0.3) is 12.2 Å². The lowest BCUT2D eigenvalue weighted by Gasteiger charge is -2.41. The molecule has 2 aromatic carbocycles. The lowest BCUT2D eigenvalue weighted by molar-refractivity contribution is 0.383. The van der Waals surface area contributed by atoms with Crippen molar-refractivity contribution in [3.8, 4) is 0 Å². The molecule has 0 N–H and O–H groups in total. The molecule has 2 atom stereocenters. The minimum atomic E-state index is -1.92. The highest BCUT2D eigenvalue weighted by molar-refractivity contribution is 6.81. The molecule has 6 aliphatic carbocycles. The van der Waals surface area contributed by atoms with Crippen molar-refractivity contribution in [1.29, 1.82) is 0 Å². The summed E-state index contributed by atoms with van der Waals surface area (Å²) in [5, 5.41) is 0. The van der Waals surface area contributed by atoms with Crippen LogP contribution in [0, 0.1) is 21.7 Å². The average Bonchev–Trinajstić information content (AvgIpc) is 3.64. The highest BCUT2D eigenvalue weighted by Crippen LogP contribution is 2.61. The molecule has 0 amide bonds. The summed E-state index contributed by atoms with van der Waals surface area (Å²) >= 11 is 0. The summed E-state index contributed by atoms with van der Waals surface area (Å²) in [7, 11) is -1.92. The van der Waals surface area contributed by atoms with Crippen molar-refractivity contribution in [2.24, 2.45) is 21.7 Å². The van der Waals surface area contributed by atoms with Crippen LogP contribution >= 0.6 is 0 Å². The zero-order valence-corrected chi connectivity index (χ0v) is 30.5. The second-order valence-electron chi connectivity index (χ2n) is 20.0. The lowest BCUT2D eigenvalue weighted by atomic mass is 9.88. The van der Waals surface area contributed by atoms with E-state index in [1.165, 1.54) is 51.4 Å². The van der Waals surface area contributed by atoms with Crippen LogP contribution in [0.4, 0.5) is 0 Å². The van der Waals surface area contributed by atoms with E-state index in [0.717, 1.165) is 0 Å². The minimum absolute atomic E-state index is 0.375. The van der Waals surface area contributed by atoms with Crippen LogP contribution in [0.15, 0.2) is 11.1 Å². The molecule has 0 aromatic heterocycles. The molecule has 43 heavy (non-hydrogen) atoms. The highest BCUT2D eigenvalue weighted by atomic mass is 28.3. The molecule has 0 saturated heterocycles. The smallest absolute Gasteiger partial charge is 0.0679 e. The molecule has 2 unspecified atom stereocenters. The zero-order chi connectivity index (χ0) is 30.8. The van der Waals surface area contributed by atoms with E-state index in [4.69, 9.17) is 0 Å². The van der Waals surface area contributed by atoms with Gasteiger partial charge in [0.15, 0.2) is 0 Å². The topological polar surface area (TPSA) is 0 Å². The molecule has 0 heterocycles. The van der Waals surface area contributed by atoms with Gasteiger partial charge in [-0.3, -0.25) is 0 Å². The molecule has 228 valence electrons. The van der Waals surface area contributed by atoms with Gasteiger partial charge in [-0.15, -0.1) is 0 Å². The predicted molar refractivity (Wildman–Crippen MR) is 188 cm³/mol. The molecule has 0 nitrogen and oxygen atoms in total. The molecule has 2 aromatic rings. The van der Waals surface area contributed by atoms with Crippen molar-refractivity contribution in [2.75, 3.05) is 0 Å². The van der Waals surface area contributed by atoms with Crippen molar-refractivity contribution in [3.63, 3.8) is 0 Å². The molecule has 1 heteroatoms. The molecule has 0 bridgehead atoms. The monoisotopic (exact) mass is 588 g/mol. The second kappa shape index (κ2) is 8.29. The fraction of sp³-hybridized carbons (Fsp3) is 0.619. The van der Waals surface area contributed by atoms with Crippen LogP contribution in [-0.2, 0) is 51.4 Å². The number of fused-ring (bicyclic) bond motifs is 12. The maximum absolute atomic E-state index is 2.80. The molecule has 0 aliphatic heterocycles. The lowest BCUT2D eigenvalue weighted by Crippen LogP contribution is -2.43. The second-order valence-corrected chi connectivity index (χ2v) is 24.8. The van der Waals surface area contributed by atoms with Gasteiger partial charge >= 0.3 is 0 Å². The van der Waals surface area contributed by atoms with Gasteiger partial charge in [-0.25, -0.2) is 0 Å². The Balaban J connectivity index is 1.33. The Labute approximate surface area is 263 Å². The van der Waals surface area contributed by atoms with E-state index in [0.29, 0.717) is 32.7 Å². The van der Waals surface area contributed by atoms with Gasteiger partial charge in [-0.2, -0.15) is 0 Å². The van der Waals surface area contributed by atoms with E-state index in [1.54, 1.807) is 66.8 Å². The Bertz CT molecular complexity index is 1590. The number of hydrogen-bond donors (Lipinski definition) is 0. The first-order valence-electron chi connectivity index (χ1n) is 17.5. The summed E-state index contributed by atoms with van der Waals surface area (Å²) in [4.78, 5) is 0. The minimum Gasteiger partial charge on any atom is -0.0679 e. The van der Waals surface area contributed by atoms with Crippen LogP contribution in [0.5, 0.6) is 0 Å². The number of benzene rings is 2. The molecule has 6 aliphatic rings. The number of allylic oxidation sites excluding steroid dienone is 2. The third kappa shape index (κ3) is 3.91. The average molecular weight is 589 g/mol. The third-order valence-corrected chi connectivity index (χ3v) is 17.5. The predicted octanol–water partition coefficient (Wildman–Crippen LogP) is 10.7. The van der Waals surface area contributed by atoms with Gasteiger partial charge in [-0.05, 0) is 154 Å². The van der Waals surface area contributed by atoms with Gasteiger partial charge in [0.1, 0.15) is 0 Å². The van der Waals surface area contributed by atoms with Gasteiger partial charge in [0.25, 0.3) is 0 Å². The Hall–Kier alpha value is -1.86. The highest BCUT2D eigenvalue weighted by Gasteiger charge is 2.53. The van der Waals surface area contributed by atoms with E-state index in [9.17, 15) is 0 Å². The Kier molecular flexibility index (Phi) is 5.51. The largest absolute Gasteiger partial charge is 0.0722 e. The van der Waals surface area contributed by atoms with E-state index in [1.807, 2.05) is 11.1 Å². The van der Waals surface area contributed by atoms with Crippen LogP contribution < -0.4 is 0 Å². The maximum Gasteiger partial charge on any atom is 0.0722 e. The van der Waals surface area contributed by atoms with Gasteiger partial charge < -0.3 is 0 Å². The first-order valence-corrected chi connectivity index (χ1v) is 20.7. The number of rotatable bonds is 2. The van der Waals surface area contributed by atoms with Crippen molar-refractivity contribution >= 4 is 20.2 Å². The normalized spacial score (nSPS) is 27.8. The SMILES string of the molecule is CC1=Cc2c3c(c4c(c2C1[Si](C)(C)C1C(C)=Cc2c5c(c6c(c21)CC(C)(C)C6)CC(C)(C)C5)CC(C)(C)C4)CC(C)(C)C3.